The van der Waals surface area contributed by atoms with Crippen molar-refractivity contribution in [3.8, 4) is 0 Å². The summed E-state index contributed by atoms with van der Waals surface area (Å²) < 4.78 is 3.10. The van der Waals surface area contributed by atoms with Gasteiger partial charge in [0.1, 0.15) is 6.54 Å². The summed E-state index contributed by atoms with van der Waals surface area (Å²) >= 11 is 3.53. The van der Waals surface area contributed by atoms with Gasteiger partial charge in [-0.15, -0.1) is 0 Å². The Bertz CT molecular complexity index is 584. The van der Waals surface area contributed by atoms with Gasteiger partial charge in [-0.1, -0.05) is 22.0 Å². The molecular weight excluding hydrogens is 292 g/mol. The average molecular weight is 307 g/mol. The lowest BCUT2D eigenvalue weighted by Gasteiger charge is -2.16. The van der Waals surface area contributed by atoms with Crippen molar-refractivity contribution in [2.75, 3.05) is 13.1 Å². The minimum atomic E-state index is 0.227. The molecule has 0 unspecified atom stereocenters. The molecule has 0 saturated carbocycles. The molecule has 0 aliphatic carbocycles. The molecule has 4 heteroatoms. The van der Waals surface area contributed by atoms with Crippen LogP contribution in [0.2, 0.25) is 0 Å². The number of halogens is 1. The van der Waals surface area contributed by atoms with Gasteiger partial charge in [0.25, 0.3) is 0 Å². The summed E-state index contributed by atoms with van der Waals surface area (Å²) in [5.41, 5.74) is 1.11. The quantitative estimate of drug-likeness (QED) is 0.837. The van der Waals surface area contributed by atoms with Crippen LogP contribution in [0.4, 0.5) is 0 Å². The van der Waals surface area contributed by atoms with E-state index >= 15 is 0 Å². The van der Waals surface area contributed by atoms with Crippen LogP contribution in [0.1, 0.15) is 12.8 Å². The van der Waals surface area contributed by atoms with Gasteiger partial charge < -0.3 is 9.47 Å². The van der Waals surface area contributed by atoms with E-state index in [1.54, 1.807) is 0 Å². The highest BCUT2D eigenvalue weighted by Crippen LogP contribution is 2.24. The maximum Gasteiger partial charge on any atom is 0.242 e. The first kappa shape index (κ1) is 11.8. The Balaban J connectivity index is 1.86. The lowest BCUT2D eigenvalue weighted by molar-refractivity contribution is -0.130. The normalized spacial score (nSPS) is 15.5. The third-order valence-electron chi connectivity index (χ3n) is 3.52. The molecule has 3 rings (SSSR count). The highest BCUT2D eigenvalue weighted by Gasteiger charge is 2.18. The molecule has 0 radical (unpaired) electrons. The van der Waals surface area contributed by atoms with Crippen molar-refractivity contribution in [2.24, 2.45) is 0 Å². The van der Waals surface area contributed by atoms with Crippen molar-refractivity contribution >= 4 is 32.7 Å². The van der Waals surface area contributed by atoms with E-state index < -0.39 is 0 Å². The average Bonchev–Trinajstić information content (AvgIpc) is 2.99. The van der Waals surface area contributed by atoms with Crippen LogP contribution in [0, 0.1) is 0 Å². The second-order valence-corrected chi connectivity index (χ2v) is 5.56. The van der Waals surface area contributed by atoms with Crippen molar-refractivity contribution in [1.82, 2.24) is 9.47 Å². The first-order valence-electron chi connectivity index (χ1n) is 6.27. The first-order valence-corrected chi connectivity index (χ1v) is 7.06. The van der Waals surface area contributed by atoms with Gasteiger partial charge in [-0.3, -0.25) is 4.79 Å². The number of aromatic nitrogens is 1. The number of hydrogen-bond donors (Lipinski definition) is 0. The number of nitrogens with zero attached hydrogens (tertiary/aromatic N) is 2. The molecular formula is C14H15BrN2O. The van der Waals surface area contributed by atoms with E-state index in [-0.39, 0.29) is 5.91 Å². The van der Waals surface area contributed by atoms with Crippen molar-refractivity contribution in [2.45, 2.75) is 19.4 Å². The fourth-order valence-corrected chi connectivity index (χ4v) is 3.02. The number of rotatable bonds is 2. The first-order chi connectivity index (χ1) is 8.75. The third kappa shape index (κ3) is 2.05. The summed E-state index contributed by atoms with van der Waals surface area (Å²) in [7, 11) is 0. The largest absolute Gasteiger partial charge is 0.341 e. The molecule has 0 atom stereocenters. The topological polar surface area (TPSA) is 25.2 Å². The van der Waals surface area contributed by atoms with Gasteiger partial charge in [-0.2, -0.15) is 0 Å². The van der Waals surface area contributed by atoms with Crippen LogP contribution < -0.4 is 0 Å². The van der Waals surface area contributed by atoms with E-state index in [4.69, 9.17) is 0 Å². The van der Waals surface area contributed by atoms with Gasteiger partial charge in [-0.05, 0) is 31.0 Å². The van der Waals surface area contributed by atoms with Crippen LogP contribution in [0.3, 0.4) is 0 Å². The molecule has 2 aromatic rings. The van der Waals surface area contributed by atoms with E-state index in [0.29, 0.717) is 6.54 Å². The van der Waals surface area contributed by atoms with E-state index in [0.717, 1.165) is 41.3 Å². The Morgan fingerprint density at radius 1 is 1.22 bits per heavy atom. The van der Waals surface area contributed by atoms with Crippen LogP contribution in [-0.4, -0.2) is 28.5 Å². The van der Waals surface area contributed by atoms with E-state index in [2.05, 4.69) is 28.1 Å². The lowest BCUT2D eigenvalue weighted by Crippen LogP contribution is -2.30. The summed E-state index contributed by atoms with van der Waals surface area (Å²) in [6.45, 7) is 2.28. The SMILES string of the molecule is O=C(Cn1ccc2c(Br)cccc21)N1CCCC1. The van der Waals surface area contributed by atoms with Crippen molar-refractivity contribution in [1.29, 1.82) is 0 Å². The number of fused-ring (bicyclic) bond motifs is 1. The number of likely N-dealkylation sites (tertiary alicyclic amines) is 1. The highest BCUT2D eigenvalue weighted by atomic mass is 79.9. The Kier molecular flexibility index (Phi) is 3.12. The van der Waals surface area contributed by atoms with Crippen LogP contribution in [0.25, 0.3) is 10.9 Å². The summed E-state index contributed by atoms with van der Waals surface area (Å²) in [5, 5.41) is 1.16. The van der Waals surface area contributed by atoms with Gasteiger partial charge in [0.05, 0.1) is 0 Å². The maximum atomic E-state index is 12.1. The summed E-state index contributed by atoms with van der Waals surface area (Å²) in [4.78, 5) is 14.1. The van der Waals surface area contributed by atoms with Gasteiger partial charge in [-0.25, -0.2) is 0 Å². The van der Waals surface area contributed by atoms with Crippen LogP contribution in [0.15, 0.2) is 34.9 Å². The van der Waals surface area contributed by atoms with Crippen LogP contribution >= 0.6 is 15.9 Å². The summed E-state index contributed by atoms with van der Waals surface area (Å²) in [6, 6.07) is 8.13. The Morgan fingerprint density at radius 3 is 2.78 bits per heavy atom. The predicted octanol–water partition coefficient (Wildman–Crippen LogP) is 3.03. The number of carbonyl (C=O) groups excluding carboxylic acids is 1. The van der Waals surface area contributed by atoms with Gasteiger partial charge in [0, 0.05) is 34.7 Å². The van der Waals surface area contributed by atoms with E-state index in [1.807, 2.05) is 27.8 Å². The molecule has 1 saturated heterocycles. The van der Waals surface area contributed by atoms with Crippen molar-refractivity contribution in [3.05, 3.63) is 34.9 Å². The van der Waals surface area contributed by atoms with Crippen LogP contribution in [-0.2, 0) is 11.3 Å². The minimum Gasteiger partial charge on any atom is -0.341 e. The standard InChI is InChI=1S/C14H15BrN2O/c15-12-4-3-5-13-11(12)6-9-17(13)10-14(18)16-7-1-2-8-16/h3-6,9H,1-2,7-8,10H2. The molecule has 0 bridgehead atoms. The zero-order valence-corrected chi connectivity index (χ0v) is 11.7. The molecule has 1 fully saturated rings. The Labute approximate surface area is 115 Å². The maximum absolute atomic E-state index is 12.1. The molecule has 1 aliphatic heterocycles. The molecule has 1 aromatic heterocycles. The smallest absolute Gasteiger partial charge is 0.242 e. The second-order valence-electron chi connectivity index (χ2n) is 4.70. The lowest BCUT2D eigenvalue weighted by atomic mass is 10.2. The zero-order chi connectivity index (χ0) is 12.5. The Hall–Kier alpha value is -1.29. The van der Waals surface area contributed by atoms with Crippen molar-refractivity contribution < 1.29 is 4.79 Å². The van der Waals surface area contributed by atoms with Gasteiger partial charge in [0.15, 0.2) is 0 Å². The van der Waals surface area contributed by atoms with E-state index in [9.17, 15) is 4.79 Å². The molecule has 3 nitrogen and oxygen atoms in total. The summed E-state index contributed by atoms with van der Waals surface area (Å²) in [6.07, 6.45) is 4.27. The van der Waals surface area contributed by atoms with E-state index in [1.165, 1.54) is 0 Å². The molecule has 0 N–H and O–H groups in total. The number of benzene rings is 1. The third-order valence-corrected chi connectivity index (χ3v) is 4.22. The second kappa shape index (κ2) is 4.76. The van der Waals surface area contributed by atoms with Crippen molar-refractivity contribution in [3.63, 3.8) is 0 Å². The molecule has 18 heavy (non-hydrogen) atoms. The minimum absolute atomic E-state index is 0.227. The monoisotopic (exact) mass is 306 g/mol. The molecule has 1 amide bonds. The predicted molar refractivity (Wildman–Crippen MR) is 75.5 cm³/mol. The molecule has 0 spiro atoms. The fourth-order valence-electron chi connectivity index (χ4n) is 2.54. The number of hydrogen-bond acceptors (Lipinski definition) is 1. The fraction of sp³-hybridized carbons (Fsp3) is 0.357. The number of carbonyl (C=O) groups is 1. The number of amides is 1. The summed E-state index contributed by atoms with van der Waals surface area (Å²) in [5.74, 6) is 0.227. The van der Waals surface area contributed by atoms with Crippen LogP contribution in [0.5, 0.6) is 0 Å². The molecule has 94 valence electrons. The highest BCUT2D eigenvalue weighted by molar-refractivity contribution is 9.10. The molecule has 1 aromatic carbocycles. The zero-order valence-electron chi connectivity index (χ0n) is 10.1. The Morgan fingerprint density at radius 2 is 2.00 bits per heavy atom. The van der Waals surface area contributed by atoms with Gasteiger partial charge in [0.2, 0.25) is 5.91 Å². The molecule has 2 heterocycles. The van der Waals surface area contributed by atoms with Gasteiger partial charge >= 0.3 is 0 Å². The molecule has 1 aliphatic rings.